The molecule has 1 fully saturated rings. The normalized spacial score (nSPS) is 20.9. The number of pyridine rings is 1. The SMILES string of the molecule is O=C(NCCC1=CCCCC1)c1ccc(O[C@H]2CCOC2)nc1. The van der Waals surface area contributed by atoms with Crippen molar-refractivity contribution in [1.29, 1.82) is 0 Å². The molecule has 1 aliphatic heterocycles. The molecule has 2 heterocycles. The summed E-state index contributed by atoms with van der Waals surface area (Å²) >= 11 is 0. The Balaban J connectivity index is 1.44. The Labute approximate surface area is 137 Å². The van der Waals surface area contributed by atoms with Gasteiger partial charge in [-0.3, -0.25) is 4.79 Å². The van der Waals surface area contributed by atoms with Gasteiger partial charge in [-0.05, 0) is 38.2 Å². The van der Waals surface area contributed by atoms with Gasteiger partial charge in [0.05, 0.1) is 18.8 Å². The van der Waals surface area contributed by atoms with Gasteiger partial charge in [-0.25, -0.2) is 4.98 Å². The molecule has 1 N–H and O–H groups in total. The summed E-state index contributed by atoms with van der Waals surface area (Å²) in [5.41, 5.74) is 2.04. The molecule has 5 nitrogen and oxygen atoms in total. The minimum atomic E-state index is -0.0790. The predicted octanol–water partition coefficient (Wildman–Crippen LogP) is 2.87. The van der Waals surface area contributed by atoms with Crippen LogP contribution in [0.15, 0.2) is 30.0 Å². The number of allylic oxidation sites excluding steroid dienone is 1. The zero-order valence-electron chi connectivity index (χ0n) is 13.4. The Morgan fingerprint density at radius 1 is 1.39 bits per heavy atom. The molecule has 0 radical (unpaired) electrons. The zero-order valence-corrected chi connectivity index (χ0v) is 13.4. The summed E-state index contributed by atoms with van der Waals surface area (Å²) in [5, 5.41) is 2.96. The Hall–Kier alpha value is -1.88. The first-order chi connectivity index (χ1) is 11.3. The summed E-state index contributed by atoms with van der Waals surface area (Å²) in [7, 11) is 0. The topological polar surface area (TPSA) is 60.5 Å². The standard InChI is InChI=1S/C18H24N2O3/c21-18(19-10-8-14-4-2-1-3-5-14)15-6-7-17(20-12-15)23-16-9-11-22-13-16/h4,6-7,12,16H,1-3,5,8-11,13H2,(H,19,21)/t16-/m0/s1. The molecule has 1 amide bonds. The number of hydrogen-bond acceptors (Lipinski definition) is 4. The van der Waals surface area contributed by atoms with Gasteiger partial charge in [0.15, 0.2) is 0 Å². The highest BCUT2D eigenvalue weighted by atomic mass is 16.5. The average Bonchev–Trinajstić information content (AvgIpc) is 3.09. The molecule has 1 saturated heterocycles. The fourth-order valence-corrected chi connectivity index (χ4v) is 2.93. The van der Waals surface area contributed by atoms with Crippen LogP contribution in [0.2, 0.25) is 0 Å². The highest BCUT2D eigenvalue weighted by molar-refractivity contribution is 5.93. The summed E-state index contributed by atoms with van der Waals surface area (Å²) < 4.78 is 11.0. The molecule has 5 heteroatoms. The molecule has 1 atom stereocenters. The van der Waals surface area contributed by atoms with E-state index in [0.717, 1.165) is 19.4 Å². The molecule has 23 heavy (non-hydrogen) atoms. The fourth-order valence-electron chi connectivity index (χ4n) is 2.93. The molecular formula is C18H24N2O3. The van der Waals surface area contributed by atoms with Gasteiger partial charge in [-0.15, -0.1) is 0 Å². The van der Waals surface area contributed by atoms with Gasteiger partial charge in [0, 0.05) is 25.2 Å². The minimum absolute atomic E-state index is 0.0749. The van der Waals surface area contributed by atoms with Crippen LogP contribution in [0.1, 0.15) is 48.9 Å². The van der Waals surface area contributed by atoms with Gasteiger partial charge in [-0.1, -0.05) is 11.6 Å². The minimum Gasteiger partial charge on any atom is -0.472 e. The van der Waals surface area contributed by atoms with Crippen molar-refractivity contribution in [3.8, 4) is 5.88 Å². The molecule has 2 aliphatic rings. The van der Waals surface area contributed by atoms with Crippen LogP contribution < -0.4 is 10.1 Å². The van der Waals surface area contributed by atoms with Crippen molar-refractivity contribution >= 4 is 5.91 Å². The molecule has 1 aromatic heterocycles. The highest BCUT2D eigenvalue weighted by Gasteiger charge is 2.17. The third kappa shape index (κ3) is 4.79. The lowest BCUT2D eigenvalue weighted by molar-refractivity contribution is 0.0953. The van der Waals surface area contributed by atoms with Crippen molar-refractivity contribution in [2.75, 3.05) is 19.8 Å². The van der Waals surface area contributed by atoms with Crippen molar-refractivity contribution in [3.05, 3.63) is 35.5 Å². The van der Waals surface area contributed by atoms with Crippen LogP contribution in [0.5, 0.6) is 5.88 Å². The molecule has 3 rings (SSSR count). The smallest absolute Gasteiger partial charge is 0.252 e. The predicted molar refractivity (Wildman–Crippen MR) is 87.6 cm³/mol. The maximum atomic E-state index is 12.1. The molecule has 0 aromatic carbocycles. The third-order valence-electron chi connectivity index (χ3n) is 4.29. The Kier molecular flexibility index (Phi) is 5.64. The second kappa shape index (κ2) is 8.11. The van der Waals surface area contributed by atoms with E-state index in [9.17, 15) is 4.79 Å². The van der Waals surface area contributed by atoms with E-state index in [-0.39, 0.29) is 12.0 Å². The van der Waals surface area contributed by atoms with Crippen molar-refractivity contribution < 1.29 is 14.3 Å². The quantitative estimate of drug-likeness (QED) is 0.820. The fraction of sp³-hybridized carbons (Fsp3) is 0.556. The van der Waals surface area contributed by atoms with E-state index in [1.54, 1.807) is 18.3 Å². The summed E-state index contributed by atoms with van der Waals surface area (Å²) in [6.07, 6.45) is 10.7. The van der Waals surface area contributed by atoms with Crippen molar-refractivity contribution in [2.24, 2.45) is 0 Å². The number of nitrogens with one attached hydrogen (secondary N) is 1. The van der Waals surface area contributed by atoms with E-state index in [1.807, 2.05) is 0 Å². The van der Waals surface area contributed by atoms with E-state index in [2.05, 4.69) is 16.4 Å². The number of rotatable bonds is 6. The van der Waals surface area contributed by atoms with E-state index in [1.165, 1.54) is 31.3 Å². The van der Waals surface area contributed by atoms with Gasteiger partial charge in [0.1, 0.15) is 6.10 Å². The first kappa shape index (κ1) is 16.0. The van der Waals surface area contributed by atoms with Crippen LogP contribution in [0, 0.1) is 0 Å². The first-order valence-electron chi connectivity index (χ1n) is 8.48. The molecular weight excluding hydrogens is 292 g/mol. The molecule has 1 aliphatic carbocycles. The largest absolute Gasteiger partial charge is 0.472 e. The second-order valence-electron chi connectivity index (χ2n) is 6.10. The van der Waals surface area contributed by atoms with Crippen molar-refractivity contribution in [1.82, 2.24) is 10.3 Å². The lowest BCUT2D eigenvalue weighted by Gasteiger charge is -2.13. The highest BCUT2D eigenvalue weighted by Crippen LogP contribution is 2.19. The van der Waals surface area contributed by atoms with Gasteiger partial charge in [-0.2, -0.15) is 0 Å². The van der Waals surface area contributed by atoms with Crippen LogP contribution >= 0.6 is 0 Å². The lowest BCUT2D eigenvalue weighted by Crippen LogP contribution is -2.25. The van der Waals surface area contributed by atoms with Gasteiger partial charge < -0.3 is 14.8 Å². The number of hydrogen-bond donors (Lipinski definition) is 1. The Morgan fingerprint density at radius 3 is 3.04 bits per heavy atom. The summed E-state index contributed by atoms with van der Waals surface area (Å²) in [4.78, 5) is 16.3. The number of carbonyl (C=O) groups is 1. The number of amides is 1. The van der Waals surface area contributed by atoms with Crippen LogP contribution in [-0.2, 0) is 4.74 Å². The van der Waals surface area contributed by atoms with Crippen molar-refractivity contribution in [3.63, 3.8) is 0 Å². The third-order valence-corrected chi connectivity index (χ3v) is 4.29. The molecule has 0 bridgehead atoms. The number of aromatic nitrogens is 1. The average molecular weight is 316 g/mol. The summed E-state index contributed by atoms with van der Waals surface area (Å²) in [6, 6.07) is 3.50. The Bertz CT molecular complexity index is 548. The molecule has 1 aromatic rings. The van der Waals surface area contributed by atoms with E-state index in [0.29, 0.717) is 24.6 Å². The lowest BCUT2D eigenvalue weighted by atomic mass is 9.97. The van der Waals surface area contributed by atoms with Crippen LogP contribution in [-0.4, -0.2) is 36.8 Å². The summed E-state index contributed by atoms with van der Waals surface area (Å²) in [5.74, 6) is 0.467. The van der Waals surface area contributed by atoms with Gasteiger partial charge in [0.2, 0.25) is 5.88 Å². The number of ether oxygens (including phenoxy) is 2. The second-order valence-corrected chi connectivity index (χ2v) is 6.10. The molecule has 0 unspecified atom stereocenters. The van der Waals surface area contributed by atoms with Crippen LogP contribution in [0.3, 0.4) is 0 Å². The van der Waals surface area contributed by atoms with Gasteiger partial charge >= 0.3 is 0 Å². The van der Waals surface area contributed by atoms with Crippen LogP contribution in [0.25, 0.3) is 0 Å². The Morgan fingerprint density at radius 2 is 2.35 bits per heavy atom. The summed E-state index contributed by atoms with van der Waals surface area (Å²) in [6.45, 7) is 2.03. The zero-order chi connectivity index (χ0) is 15.9. The van der Waals surface area contributed by atoms with Crippen LogP contribution in [0.4, 0.5) is 0 Å². The monoisotopic (exact) mass is 316 g/mol. The molecule has 124 valence electrons. The van der Waals surface area contributed by atoms with Gasteiger partial charge in [0.25, 0.3) is 5.91 Å². The maximum Gasteiger partial charge on any atom is 0.252 e. The van der Waals surface area contributed by atoms with E-state index >= 15 is 0 Å². The van der Waals surface area contributed by atoms with E-state index < -0.39 is 0 Å². The van der Waals surface area contributed by atoms with E-state index in [4.69, 9.17) is 9.47 Å². The maximum absolute atomic E-state index is 12.1. The molecule has 0 spiro atoms. The van der Waals surface area contributed by atoms with Crippen molar-refractivity contribution in [2.45, 2.75) is 44.6 Å². The molecule has 0 saturated carbocycles. The first-order valence-corrected chi connectivity index (χ1v) is 8.48. The number of carbonyl (C=O) groups excluding carboxylic acids is 1. The number of nitrogens with zero attached hydrogens (tertiary/aromatic N) is 1.